The molecular weight excluding hydrogens is 155 g/mol. The van der Waals surface area contributed by atoms with Gasteiger partial charge in [-0.1, -0.05) is 18.2 Å². The summed E-state index contributed by atoms with van der Waals surface area (Å²) < 4.78 is 13.0. The zero-order chi connectivity index (χ0) is 8.97. The Bertz CT molecular complexity index is 304. The molecule has 0 N–H and O–H groups in total. The van der Waals surface area contributed by atoms with E-state index in [1.54, 1.807) is 25.2 Å². The number of nitriles is 1. The van der Waals surface area contributed by atoms with E-state index in [1.807, 2.05) is 6.19 Å². The lowest BCUT2D eigenvalue weighted by molar-refractivity contribution is 0.453. The van der Waals surface area contributed by atoms with Crippen LogP contribution >= 0.6 is 0 Å². The minimum absolute atomic E-state index is 0.264. The number of benzene rings is 1. The number of halogens is 1. The van der Waals surface area contributed by atoms with Crippen molar-refractivity contribution < 1.29 is 4.39 Å². The van der Waals surface area contributed by atoms with Gasteiger partial charge in [-0.3, -0.25) is 0 Å². The molecule has 62 valence electrons. The molecule has 0 radical (unpaired) electrons. The van der Waals surface area contributed by atoms with Gasteiger partial charge in [-0.15, -0.1) is 0 Å². The predicted octanol–water partition coefficient (Wildman–Crippen LogP) is 1.74. The Morgan fingerprint density at radius 3 is 2.75 bits per heavy atom. The topological polar surface area (TPSA) is 27.0 Å². The van der Waals surface area contributed by atoms with Crippen molar-refractivity contribution in [1.82, 2.24) is 4.90 Å². The minimum Gasteiger partial charge on any atom is -0.309 e. The van der Waals surface area contributed by atoms with Gasteiger partial charge < -0.3 is 4.90 Å². The first-order chi connectivity index (χ1) is 5.74. The summed E-state index contributed by atoms with van der Waals surface area (Å²) in [4.78, 5) is 1.37. The number of nitrogens with zero attached hydrogens (tertiary/aromatic N) is 2. The maximum atomic E-state index is 13.0. The molecule has 0 saturated heterocycles. The molecular formula is C9H9FN2. The quantitative estimate of drug-likeness (QED) is 0.491. The summed E-state index contributed by atoms with van der Waals surface area (Å²) in [6.07, 6.45) is 1.91. The van der Waals surface area contributed by atoms with E-state index >= 15 is 0 Å². The van der Waals surface area contributed by atoms with Crippen LogP contribution in [0, 0.1) is 17.3 Å². The van der Waals surface area contributed by atoms with E-state index in [0.717, 1.165) is 0 Å². The van der Waals surface area contributed by atoms with Crippen LogP contribution in [-0.2, 0) is 6.54 Å². The smallest absolute Gasteiger partial charge is 0.179 e. The molecule has 0 fully saturated rings. The summed E-state index contributed by atoms with van der Waals surface area (Å²) in [7, 11) is 1.62. The number of hydrogen-bond donors (Lipinski definition) is 0. The van der Waals surface area contributed by atoms with Crippen molar-refractivity contribution in [2.24, 2.45) is 0 Å². The summed E-state index contributed by atoms with van der Waals surface area (Å²) in [6.45, 7) is 0.323. The molecule has 0 aliphatic carbocycles. The highest BCUT2D eigenvalue weighted by Gasteiger charge is 2.01. The van der Waals surface area contributed by atoms with Gasteiger partial charge in [-0.25, -0.2) is 4.39 Å². The highest BCUT2D eigenvalue weighted by Crippen LogP contribution is 2.07. The first kappa shape index (κ1) is 8.54. The Kier molecular flexibility index (Phi) is 2.65. The highest BCUT2D eigenvalue weighted by atomic mass is 19.1. The lowest BCUT2D eigenvalue weighted by Crippen LogP contribution is -2.11. The standard InChI is InChI=1S/C9H9FN2/c1-12(7-11)6-8-4-2-3-5-9(8)10/h2-5H,6H2,1H3. The van der Waals surface area contributed by atoms with Gasteiger partial charge in [-0.05, 0) is 6.07 Å². The molecule has 2 nitrogen and oxygen atoms in total. The molecule has 0 atom stereocenters. The van der Waals surface area contributed by atoms with E-state index < -0.39 is 0 Å². The molecule has 0 saturated carbocycles. The van der Waals surface area contributed by atoms with Crippen molar-refractivity contribution in [3.63, 3.8) is 0 Å². The van der Waals surface area contributed by atoms with Crippen LogP contribution in [0.2, 0.25) is 0 Å². The normalized spacial score (nSPS) is 9.08. The maximum Gasteiger partial charge on any atom is 0.179 e. The molecule has 12 heavy (non-hydrogen) atoms. The lowest BCUT2D eigenvalue weighted by Gasteiger charge is -2.08. The van der Waals surface area contributed by atoms with Crippen molar-refractivity contribution in [1.29, 1.82) is 5.26 Å². The van der Waals surface area contributed by atoms with Crippen molar-refractivity contribution in [2.45, 2.75) is 6.54 Å². The van der Waals surface area contributed by atoms with Crippen LogP contribution in [-0.4, -0.2) is 11.9 Å². The first-order valence-corrected chi connectivity index (χ1v) is 3.58. The summed E-state index contributed by atoms with van der Waals surface area (Å²) in [5.74, 6) is -0.264. The molecule has 0 heterocycles. The van der Waals surface area contributed by atoms with Gasteiger partial charge in [0, 0.05) is 12.6 Å². The molecule has 0 aliphatic heterocycles. The zero-order valence-corrected chi connectivity index (χ0v) is 6.79. The highest BCUT2D eigenvalue weighted by molar-refractivity contribution is 5.17. The molecule has 1 rings (SSSR count). The molecule has 0 unspecified atom stereocenters. The van der Waals surface area contributed by atoms with E-state index in [2.05, 4.69) is 0 Å². The monoisotopic (exact) mass is 164 g/mol. The molecule has 3 heteroatoms. The summed E-state index contributed by atoms with van der Waals surface area (Å²) in [6, 6.07) is 6.44. The van der Waals surface area contributed by atoms with E-state index in [-0.39, 0.29) is 5.82 Å². The van der Waals surface area contributed by atoms with E-state index in [4.69, 9.17) is 5.26 Å². The van der Waals surface area contributed by atoms with E-state index in [9.17, 15) is 4.39 Å². The van der Waals surface area contributed by atoms with Crippen LogP contribution in [0.15, 0.2) is 24.3 Å². The van der Waals surface area contributed by atoms with Crippen LogP contribution in [0.4, 0.5) is 4.39 Å². The third kappa shape index (κ3) is 1.96. The van der Waals surface area contributed by atoms with Gasteiger partial charge in [0.15, 0.2) is 6.19 Å². The molecule has 0 aliphatic rings. The average molecular weight is 164 g/mol. The fourth-order valence-corrected chi connectivity index (χ4v) is 0.917. The fraction of sp³-hybridized carbons (Fsp3) is 0.222. The Balaban J connectivity index is 2.77. The average Bonchev–Trinajstić information content (AvgIpc) is 2.09. The second-order valence-corrected chi connectivity index (χ2v) is 2.55. The van der Waals surface area contributed by atoms with Crippen LogP contribution in [0.5, 0.6) is 0 Å². The second kappa shape index (κ2) is 3.72. The van der Waals surface area contributed by atoms with Crippen LogP contribution in [0.25, 0.3) is 0 Å². The third-order valence-electron chi connectivity index (χ3n) is 1.54. The first-order valence-electron chi connectivity index (χ1n) is 3.58. The van der Waals surface area contributed by atoms with Crippen molar-refractivity contribution in [3.8, 4) is 6.19 Å². The largest absolute Gasteiger partial charge is 0.309 e. The maximum absolute atomic E-state index is 13.0. The summed E-state index contributed by atoms with van der Waals surface area (Å²) in [5, 5.41) is 8.44. The minimum atomic E-state index is -0.264. The SMILES string of the molecule is CN(C#N)Cc1ccccc1F. The zero-order valence-electron chi connectivity index (χ0n) is 6.79. The van der Waals surface area contributed by atoms with Crippen molar-refractivity contribution in [2.75, 3.05) is 7.05 Å². The van der Waals surface area contributed by atoms with Gasteiger partial charge >= 0.3 is 0 Å². The van der Waals surface area contributed by atoms with E-state index in [0.29, 0.717) is 12.1 Å². The molecule has 0 amide bonds. The predicted molar refractivity (Wildman–Crippen MR) is 43.5 cm³/mol. The van der Waals surface area contributed by atoms with Gasteiger partial charge in [-0.2, -0.15) is 5.26 Å². The van der Waals surface area contributed by atoms with E-state index in [1.165, 1.54) is 11.0 Å². The van der Waals surface area contributed by atoms with Crippen LogP contribution < -0.4 is 0 Å². The van der Waals surface area contributed by atoms with Gasteiger partial charge in [0.25, 0.3) is 0 Å². The van der Waals surface area contributed by atoms with Gasteiger partial charge in [0.1, 0.15) is 5.82 Å². The lowest BCUT2D eigenvalue weighted by atomic mass is 10.2. The molecule has 1 aromatic rings. The summed E-state index contributed by atoms with van der Waals surface area (Å²) in [5.41, 5.74) is 0.543. The molecule has 1 aromatic carbocycles. The number of hydrogen-bond acceptors (Lipinski definition) is 2. The Morgan fingerprint density at radius 2 is 2.17 bits per heavy atom. The molecule has 0 bridgehead atoms. The Morgan fingerprint density at radius 1 is 1.50 bits per heavy atom. The van der Waals surface area contributed by atoms with Crippen molar-refractivity contribution in [3.05, 3.63) is 35.6 Å². The molecule has 0 spiro atoms. The fourth-order valence-electron chi connectivity index (χ4n) is 0.917. The van der Waals surface area contributed by atoms with Crippen LogP contribution in [0.3, 0.4) is 0 Å². The van der Waals surface area contributed by atoms with Crippen molar-refractivity contribution >= 4 is 0 Å². The van der Waals surface area contributed by atoms with Gasteiger partial charge in [0.05, 0.1) is 6.54 Å². The number of rotatable bonds is 2. The molecule has 0 aromatic heterocycles. The third-order valence-corrected chi connectivity index (χ3v) is 1.54. The Hall–Kier alpha value is -1.56. The Labute approximate surface area is 70.8 Å². The second-order valence-electron chi connectivity index (χ2n) is 2.55. The van der Waals surface area contributed by atoms with Gasteiger partial charge in [0.2, 0.25) is 0 Å². The summed E-state index contributed by atoms with van der Waals surface area (Å²) >= 11 is 0. The van der Waals surface area contributed by atoms with Crippen LogP contribution in [0.1, 0.15) is 5.56 Å².